The van der Waals surface area contributed by atoms with Crippen LogP contribution in [0.1, 0.15) is 55.1 Å². The lowest BCUT2D eigenvalue weighted by Crippen LogP contribution is -2.30. The van der Waals surface area contributed by atoms with Crippen molar-refractivity contribution in [1.29, 1.82) is 0 Å². The van der Waals surface area contributed by atoms with Gasteiger partial charge in [-0.15, -0.1) is 0 Å². The van der Waals surface area contributed by atoms with Crippen LogP contribution in [0.25, 0.3) is 0 Å². The van der Waals surface area contributed by atoms with Crippen molar-refractivity contribution >= 4 is 22.6 Å². The lowest BCUT2D eigenvalue weighted by molar-refractivity contribution is 0.320. The Kier molecular flexibility index (Phi) is 4.79. The zero-order chi connectivity index (χ0) is 19.1. The first-order valence-electron chi connectivity index (χ1n) is 10.5. The number of fused-ring (bicyclic) bond motifs is 1. The van der Waals surface area contributed by atoms with Gasteiger partial charge < -0.3 is 9.80 Å². The number of hydrogen-bond acceptors (Lipinski definition) is 5. The topological polar surface area (TPSA) is 31.7 Å². The average molecular weight is 393 g/mol. The number of benzene rings is 1. The van der Waals surface area contributed by atoms with Gasteiger partial charge in [0.25, 0.3) is 0 Å². The summed E-state index contributed by atoms with van der Waals surface area (Å²) >= 11 is 1.90. The summed E-state index contributed by atoms with van der Waals surface area (Å²) in [5, 5.41) is 1.78. The highest BCUT2D eigenvalue weighted by Gasteiger charge is 2.43. The van der Waals surface area contributed by atoms with Crippen LogP contribution in [0, 0.1) is 6.92 Å². The number of thioether (sulfide) groups is 1. The van der Waals surface area contributed by atoms with Gasteiger partial charge in [0.1, 0.15) is 6.04 Å². The zero-order valence-corrected chi connectivity index (χ0v) is 17.5. The molecule has 0 aliphatic carbocycles. The number of aromatic nitrogens is 1. The molecule has 2 aromatic rings. The first kappa shape index (κ1) is 18.0. The fourth-order valence-corrected chi connectivity index (χ4v) is 5.89. The van der Waals surface area contributed by atoms with Gasteiger partial charge in [-0.05, 0) is 61.6 Å². The predicted molar refractivity (Wildman–Crippen MR) is 118 cm³/mol. The maximum absolute atomic E-state index is 5.11. The normalized spacial score (nSPS) is 27.1. The van der Waals surface area contributed by atoms with E-state index in [-0.39, 0.29) is 12.1 Å². The molecule has 0 spiro atoms. The first-order valence-corrected chi connectivity index (χ1v) is 11.4. The van der Waals surface area contributed by atoms with Gasteiger partial charge >= 0.3 is 0 Å². The second kappa shape index (κ2) is 7.43. The van der Waals surface area contributed by atoms with E-state index >= 15 is 0 Å². The standard InChI is InChI=1S/C23H28N4S/c1-16-14-18(26-12-6-3-7-13-26)9-10-19(16)22-21(20-8-4-5-11-24-20)25-23-27(22)15-17(2)28-23/h4-5,8-11,14,17,21-22H,3,6-7,12-13,15H2,1-2H3/t17-,21+,22-/m1/s1. The number of pyridine rings is 1. The fourth-order valence-electron chi connectivity index (χ4n) is 4.79. The predicted octanol–water partition coefficient (Wildman–Crippen LogP) is 4.97. The molecule has 0 N–H and O–H groups in total. The Morgan fingerprint density at radius 1 is 1.07 bits per heavy atom. The molecule has 5 rings (SSSR count). The van der Waals surface area contributed by atoms with Gasteiger partial charge in [-0.1, -0.05) is 30.8 Å². The van der Waals surface area contributed by atoms with Gasteiger partial charge in [0.05, 0.1) is 11.7 Å². The number of aryl methyl sites for hydroxylation is 1. The van der Waals surface area contributed by atoms with Crippen LogP contribution in [0.5, 0.6) is 0 Å². The molecule has 4 heterocycles. The van der Waals surface area contributed by atoms with Crippen LogP contribution in [0.3, 0.4) is 0 Å². The van der Waals surface area contributed by atoms with Gasteiger partial charge in [0.2, 0.25) is 0 Å². The highest BCUT2D eigenvalue weighted by atomic mass is 32.2. The summed E-state index contributed by atoms with van der Waals surface area (Å²) in [6, 6.07) is 13.6. The molecular weight excluding hydrogens is 364 g/mol. The number of piperidine rings is 1. The number of amidine groups is 1. The van der Waals surface area contributed by atoms with Crippen LogP contribution in [0.2, 0.25) is 0 Å². The van der Waals surface area contributed by atoms with Crippen molar-refractivity contribution in [1.82, 2.24) is 9.88 Å². The van der Waals surface area contributed by atoms with Crippen molar-refractivity contribution in [2.45, 2.75) is 50.4 Å². The minimum Gasteiger partial charge on any atom is -0.372 e. The highest BCUT2D eigenvalue weighted by Crippen LogP contribution is 2.48. The van der Waals surface area contributed by atoms with Crippen LogP contribution in [0.4, 0.5) is 5.69 Å². The molecule has 28 heavy (non-hydrogen) atoms. The third kappa shape index (κ3) is 3.20. The first-order chi connectivity index (χ1) is 13.7. The van der Waals surface area contributed by atoms with Crippen molar-refractivity contribution in [3.8, 4) is 0 Å². The molecule has 0 radical (unpaired) electrons. The number of nitrogens with zero attached hydrogens (tertiary/aromatic N) is 4. The molecule has 2 fully saturated rings. The summed E-state index contributed by atoms with van der Waals surface area (Å²) in [4.78, 5) is 14.8. The number of hydrogen-bond donors (Lipinski definition) is 0. The van der Waals surface area contributed by atoms with Crippen LogP contribution in [-0.2, 0) is 0 Å². The molecule has 3 atom stereocenters. The zero-order valence-electron chi connectivity index (χ0n) is 16.7. The van der Waals surface area contributed by atoms with E-state index < -0.39 is 0 Å². The van der Waals surface area contributed by atoms with Gasteiger partial charge in [-0.2, -0.15) is 0 Å². The maximum atomic E-state index is 5.11. The van der Waals surface area contributed by atoms with Crippen molar-refractivity contribution in [3.05, 3.63) is 59.4 Å². The van der Waals surface area contributed by atoms with E-state index in [0.29, 0.717) is 5.25 Å². The maximum Gasteiger partial charge on any atom is 0.160 e. The van der Waals surface area contributed by atoms with Crippen molar-refractivity contribution in [2.24, 2.45) is 4.99 Å². The van der Waals surface area contributed by atoms with Crippen molar-refractivity contribution in [2.75, 3.05) is 24.5 Å². The van der Waals surface area contributed by atoms with E-state index in [2.05, 4.69) is 59.0 Å². The largest absolute Gasteiger partial charge is 0.372 e. The van der Waals surface area contributed by atoms with E-state index in [1.165, 1.54) is 54.3 Å². The average Bonchev–Trinajstić information content (AvgIpc) is 3.25. The van der Waals surface area contributed by atoms with Crippen molar-refractivity contribution in [3.63, 3.8) is 0 Å². The van der Waals surface area contributed by atoms with E-state index in [0.717, 1.165) is 12.2 Å². The second-order valence-corrected chi connectivity index (χ2v) is 9.63. The van der Waals surface area contributed by atoms with Gasteiger partial charge in [0.15, 0.2) is 5.17 Å². The van der Waals surface area contributed by atoms with E-state index in [1.54, 1.807) is 0 Å². The van der Waals surface area contributed by atoms with Gasteiger partial charge in [-0.25, -0.2) is 0 Å². The van der Waals surface area contributed by atoms with Gasteiger partial charge in [0, 0.05) is 36.8 Å². The van der Waals surface area contributed by atoms with Crippen LogP contribution < -0.4 is 4.90 Å². The molecular formula is C23H28N4S. The Balaban J connectivity index is 1.50. The Morgan fingerprint density at radius 3 is 2.68 bits per heavy atom. The van der Waals surface area contributed by atoms with E-state index in [4.69, 9.17) is 4.99 Å². The van der Waals surface area contributed by atoms with Crippen LogP contribution in [0.15, 0.2) is 47.6 Å². The lowest BCUT2D eigenvalue weighted by Gasteiger charge is -2.31. The van der Waals surface area contributed by atoms with Gasteiger partial charge in [-0.3, -0.25) is 9.98 Å². The summed E-state index contributed by atoms with van der Waals surface area (Å²) in [6.07, 6.45) is 5.88. The number of anilines is 1. The molecule has 4 nitrogen and oxygen atoms in total. The molecule has 2 saturated heterocycles. The molecule has 0 saturated carbocycles. The SMILES string of the molecule is Cc1cc(N2CCCCC2)ccc1[C@@H]1[C@H](c2ccccn2)N=C2S[C@H](C)CN21. The second-order valence-electron chi connectivity index (χ2n) is 8.23. The molecule has 3 aliphatic rings. The minimum atomic E-state index is 0.0794. The third-order valence-corrected chi connectivity index (χ3v) is 7.28. The number of aliphatic imine (C=N–C) groups is 1. The summed E-state index contributed by atoms with van der Waals surface area (Å²) in [7, 11) is 0. The Hall–Kier alpha value is -2.01. The highest BCUT2D eigenvalue weighted by molar-refractivity contribution is 8.14. The smallest absolute Gasteiger partial charge is 0.160 e. The molecule has 0 unspecified atom stereocenters. The summed E-state index contributed by atoms with van der Waals surface area (Å²) in [6.45, 7) is 8.00. The summed E-state index contributed by atoms with van der Waals surface area (Å²) < 4.78 is 0. The lowest BCUT2D eigenvalue weighted by atomic mass is 9.92. The molecule has 146 valence electrons. The van der Waals surface area contributed by atoms with E-state index in [9.17, 15) is 0 Å². The summed E-state index contributed by atoms with van der Waals surface area (Å²) in [5.41, 5.74) is 5.21. The van der Waals surface area contributed by atoms with Crippen LogP contribution >= 0.6 is 11.8 Å². The molecule has 0 amide bonds. The number of rotatable bonds is 3. The Labute approximate surface area is 172 Å². The third-order valence-electron chi connectivity index (χ3n) is 6.17. The minimum absolute atomic E-state index is 0.0794. The monoisotopic (exact) mass is 392 g/mol. The van der Waals surface area contributed by atoms with Crippen molar-refractivity contribution < 1.29 is 0 Å². The summed E-state index contributed by atoms with van der Waals surface area (Å²) in [5.74, 6) is 0. The quantitative estimate of drug-likeness (QED) is 0.738. The molecule has 5 heteroatoms. The Bertz CT molecular complexity index is 875. The molecule has 1 aromatic heterocycles. The van der Waals surface area contributed by atoms with Crippen LogP contribution in [-0.4, -0.2) is 39.9 Å². The Morgan fingerprint density at radius 2 is 1.93 bits per heavy atom. The molecule has 0 bridgehead atoms. The molecule has 3 aliphatic heterocycles. The van der Waals surface area contributed by atoms with E-state index in [1.807, 2.05) is 24.0 Å². The molecule has 1 aromatic carbocycles. The fraction of sp³-hybridized carbons (Fsp3) is 0.478.